The summed E-state index contributed by atoms with van der Waals surface area (Å²) < 4.78 is 2.09. The fraction of sp³-hybridized carbons (Fsp3) is 0. The first-order valence-electron chi connectivity index (χ1n) is 6.79. The van der Waals surface area contributed by atoms with Crippen LogP contribution in [0.15, 0.2) is 73.1 Å². The first kappa shape index (κ1) is 14.6. The van der Waals surface area contributed by atoms with E-state index in [1.165, 1.54) is 0 Å². The van der Waals surface area contributed by atoms with Gasteiger partial charge in [-0.05, 0) is 24.3 Å². The van der Waals surface area contributed by atoms with Crippen LogP contribution in [0.2, 0.25) is 0 Å². The van der Waals surface area contributed by atoms with E-state index in [2.05, 4.69) is 43.8 Å². The van der Waals surface area contributed by atoms with E-state index in [0.717, 1.165) is 28.4 Å². The van der Waals surface area contributed by atoms with Gasteiger partial charge in [0.25, 0.3) is 5.65 Å². The molecule has 0 spiro atoms. The number of imidazole rings is 1. The Labute approximate surface area is 144 Å². The second kappa shape index (κ2) is 6.23. The topological polar surface area (TPSA) is 45.5 Å². The van der Waals surface area contributed by atoms with Crippen molar-refractivity contribution in [1.82, 2.24) is 15.0 Å². The molecule has 1 N–H and O–H groups in total. The Hall–Kier alpha value is -2.28. The average molecular weight is 400 g/mol. The fourth-order valence-corrected chi connectivity index (χ4v) is 2.48. The number of aromatic nitrogens is 4. The quantitative estimate of drug-likeness (QED) is 0.378. The van der Waals surface area contributed by atoms with Gasteiger partial charge in [-0.15, -0.1) is 4.98 Å². The number of benzene rings is 2. The Morgan fingerprint density at radius 3 is 2.14 bits per heavy atom. The molecule has 0 aliphatic carbocycles. The molecule has 0 bridgehead atoms. The minimum Gasteiger partial charge on any atom is -1.00 e. The molecule has 4 rings (SSSR count). The molecule has 0 radical (unpaired) electrons. The number of fused-ring (bicyclic) bond motifs is 1. The lowest BCUT2D eigenvalue weighted by Crippen LogP contribution is -3.00. The normalized spacial score (nSPS) is 10.4. The maximum Gasteiger partial charge on any atom is 0.327 e. The van der Waals surface area contributed by atoms with Crippen molar-refractivity contribution < 1.29 is 28.5 Å². The van der Waals surface area contributed by atoms with E-state index in [1.54, 1.807) is 12.4 Å². The molecule has 2 heterocycles. The van der Waals surface area contributed by atoms with Crippen LogP contribution in [0.25, 0.3) is 28.4 Å². The Bertz CT molecular complexity index is 888. The smallest absolute Gasteiger partial charge is 0.327 e. The number of aromatic amines is 1. The minimum absolute atomic E-state index is 0. The SMILES string of the molecule is [I-].c1ccc(-c2[nH]c3nccnc3[n+]2-c2ccccc2)cc1. The zero-order chi connectivity index (χ0) is 14.1. The molecule has 108 valence electrons. The summed E-state index contributed by atoms with van der Waals surface area (Å²) in [7, 11) is 0. The van der Waals surface area contributed by atoms with E-state index in [0.29, 0.717) is 0 Å². The molecule has 5 heteroatoms. The maximum absolute atomic E-state index is 4.47. The highest BCUT2D eigenvalue weighted by Crippen LogP contribution is 2.18. The van der Waals surface area contributed by atoms with Crippen molar-refractivity contribution >= 4 is 11.3 Å². The van der Waals surface area contributed by atoms with Gasteiger partial charge in [0.2, 0.25) is 5.82 Å². The number of nitrogens with zero attached hydrogens (tertiary/aromatic N) is 3. The van der Waals surface area contributed by atoms with E-state index >= 15 is 0 Å². The number of H-pyrrole nitrogens is 1. The lowest BCUT2D eigenvalue weighted by molar-refractivity contribution is -0.557. The van der Waals surface area contributed by atoms with Crippen molar-refractivity contribution in [2.24, 2.45) is 0 Å². The van der Waals surface area contributed by atoms with Gasteiger partial charge >= 0.3 is 5.65 Å². The summed E-state index contributed by atoms with van der Waals surface area (Å²) >= 11 is 0. The molecule has 4 aromatic rings. The first-order valence-corrected chi connectivity index (χ1v) is 6.79. The molecule has 0 fully saturated rings. The fourth-order valence-electron chi connectivity index (χ4n) is 2.48. The average Bonchev–Trinajstić information content (AvgIpc) is 2.96. The Morgan fingerprint density at radius 2 is 1.41 bits per heavy atom. The van der Waals surface area contributed by atoms with Crippen LogP contribution in [-0.4, -0.2) is 15.0 Å². The largest absolute Gasteiger partial charge is 1.00 e. The van der Waals surface area contributed by atoms with Crippen molar-refractivity contribution in [3.05, 3.63) is 73.1 Å². The van der Waals surface area contributed by atoms with Crippen molar-refractivity contribution in [3.8, 4) is 17.1 Å². The van der Waals surface area contributed by atoms with E-state index in [1.807, 2.05) is 36.4 Å². The molecular formula is C17H13IN4. The van der Waals surface area contributed by atoms with Gasteiger partial charge in [0.1, 0.15) is 11.9 Å². The van der Waals surface area contributed by atoms with Crippen molar-refractivity contribution in [1.29, 1.82) is 0 Å². The summed E-state index contributed by atoms with van der Waals surface area (Å²) in [6, 6.07) is 20.4. The zero-order valence-corrected chi connectivity index (χ0v) is 13.8. The van der Waals surface area contributed by atoms with Crippen LogP contribution >= 0.6 is 0 Å². The van der Waals surface area contributed by atoms with Crippen LogP contribution in [-0.2, 0) is 0 Å². The highest BCUT2D eigenvalue weighted by molar-refractivity contribution is 5.67. The third kappa shape index (κ3) is 2.48. The van der Waals surface area contributed by atoms with Crippen LogP contribution in [0.5, 0.6) is 0 Å². The molecule has 2 aromatic carbocycles. The summed E-state index contributed by atoms with van der Waals surface area (Å²) in [5, 5.41) is 0. The second-order valence-electron chi connectivity index (χ2n) is 4.74. The first-order chi connectivity index (χ1) is 10.4. The van der Waals surface area contributed by atoms with Gasteiger partial charge in [-0.25, -0.2) is 4.98 Å². The van der Waals surface area contributed by atoms with Crippen molar-refractivity contribution in [3.63, 3.8) is 0 Å². The molecule has 22 heavy (non-hydrogen) atoms. The standard InChI is InChI=1S/C17H12N4.HI/c1-3-7-13(8-4-1)16-20-15-17(19-12-11-18-15)21(16)14-9-5-2-6-10-14;/h1-12H;1H. The zero-order valence-electron chi connectivity index (χ0n) is 11.6. The molecule has 2 aromatic heterocycles. The molecule has 4 nitrogen and oxygen atoms in total. The van der Waals surface area contributed by atoms with Gasteiger partial charge in [0, 0.05) is 5.56 Å². The molecule has 0 saturated carbocycles. The van der Waals surface area contributed by atoms with Crippen molar-refractivity contribution in [2.75, 3.05) is 0 Å². The van der Waals surface area contributed by atoms with Crippen LogP contribution in [0, 0.1) is 0 Å². The lowest BCUT2D eigenvalue weighted by Gasteiger charge is -2.02. The Kier molecular flexibility index (Phi) is 4.15. The van der Waals surface area contributed by atoms with E-state index in [-0.39, 0.29) is 24.0 Å². The van der Waals surface area contributed by atoms with Crippen molar-refractivity contribution in [2.45, 2.75) is 0 Å². The summed E-state index contributed by atoms with van der Waals surface area (Å²) in [5.74, 6) is 0.975. The summed E-state index contributed by atoms with van der Waals surface area (Å²) in [4.78, 5) is 12.2. The minimum atomic E-state index is 0. The van der Waals surface area contributed by atoms with Gasteiger partial charge in [-0.2, -0.15) is 4.57 Å². The number of rotatable bonds is 2. The van der Waals surface area contributed by atoms with E-state index in [9.17, 15) is 0 Å². The number of nitrogens with one attached hydrogen (secondary N) is 1. The van der Waals surface area contributed by atoms with Crippen LogP contribution in [0.3, 0.4) is 0 Å². The second-order valence-corrected chi connectivity index (χ2v) is 4.74. The summed E-state index contributed by atoms with van der Waals surface area (Å²) in [5.41, 5.74) is 3.76. The van der Waals surface area contributed by atoms with Gasteiger partial charge in [0.05, 0.1) is 6.20 Å². The Morgan fingerprint density at radius 1 is 0.773 bits per heavy atom. The van der Waals surface area contributed by atoms with Crippen LogP contribution in [0.4, 0.5) is 0 Å². The van der Waals surface area contributed by atoms with Gasteiger partial charge in [-0.3, -0.25) is 4.98 Å². The molecule has 0 aliphatic rings. The number of hydrogen-bond donors (Lipinski definition) is 1. The molecule has 0 atom stereocenters. The number of halogens is 1. The summed E-state index contributed by atoms with van der Waals surface area (Å²) in [6.07, 6.45) is 3.41. The Balaban J connectivity index is 0.00000144. The number of para-hydroxylation sites is 1. The lowest BCUT2D eigenvalue weighted by atomic mass is 10.2. The van der Waals surface area contributed by atoms with Gasteiger partial charge < -0.3 is 24.0 Å². The predicted octanol–water partition coefficient (Wildman–Crippen LogP) is -0.0944. The van der Waals surface area contributed by atoms with Crippen LogP contribution < -0.4 is 28.5 Å². The molecule has 0 saturated heterocycles. The van der Waals surface area contributed by atoms with Gasteiger partial charge in [0.15, 0.2) is 0 Å². The summed E-state index contributed by atoms with van der Waals surface area (Å²) in [6.45, 7) is 0. The molecule has 0 amide bonds. The molecule has 0 unspecified atom stereocenters. The third-order valence-corrected chi connectivity index (χ3v) is 3.41. The maximum atomic E-state index is 4.47. The van der Waals surface area contributed by atoms with E-state index < -0.39 is 0 Å². The van der Waals surface area contributed by atoms with Crippen LogP contribution in [0.1, 0.15) is 0 Å². The highest BCUT2D eigenvalue weighted by Gasteiger charge is 2.22. The van der Waals surface area contributed by atoms with Gasteiger partial charge in [-0.1, -0.05) is 36.4 Å². The molecular weight excluding hydrogens is 387 g/mol. The highest BCUT2D eigenvalue weighted by atomic mass is 127. The predicted molar refractivity (Wildman–Crippen MR) is 80.9 cm³/mol. The number of hydrogen-bond acceptors (Lipinski definition) is 2. The monoisotopic (exact) mass is 400 g/mol. The van der Waals surface area contributed by atoms with E-state index in [4.69, 9.17) is 0 Å². The third-order valence-electron chi connectivity index (χ3n) is 3.41. The molecule has 0 aliphatic heterocycles.